The molecule has 1 heterocycles. The van der Waals surface area contributed by atoms with E-state index >= 15 is 0 Å². The number of benzene rings is 1. The number of nitrogens with zero attached hydrogens (tertiary/aromatic N) is 2. The van der Waals surface area contributed by atoms with Crippen molar-refractivity contribution in [3.8, 4) is 0 Å². The predicted molar refractivity (Wildman–Crippen MR) is 72.1 cm³/mol. The van der Waals surface area contributed by atoms with Crippen molar-refractivity contribution in [2.45, 2.75) is 13.5 Å². The van der Waals surface area contributed by atoms with Crippen LogP contribution in [0.15, 0.2) is 33.9 Å². The topological polar surface area (TPSA) is 73.1 Å². The van der Waals surface area contributed by atoms with E-state index in [0.717, 1.165) is 0 Å². The van der Waals surface area contributed by atoms with Gasteiger partial charge in [-0.3, -0.25) is 19.0 Å². The van der Waals surface area contributed by atoms with Gasteiger partial charge in [-0.2, -0.15) is 0 Å². The fourth-order valence-electron chi connectivity index (χ4n) is 2.01. The third kappa shape index (κ3) is 2.29. The average molecular weight is 261 g/mol. The molecule has 1 aromatic carbocycles. The van der Waals surface area contributed by atoms with Gasteiger partial charge in [-0.05, 0) is 19.1 Å². The lowest BCUT2D eigenvalue weighted by Crippen LogP contribution is -2.43. The second kappa shape index (κ2) is 5.09. The third-order valence-electron chi connectivity index (χ3n) is 2.94. The Labute approximate surface area is 109 Å². The van der Waals surface area contributed by atoms with Crippen LogP contribution in [0.4, 0.5) is 0 Å². The van der Waals surface area contributed by atoms with E-state index in [2.05, 4.69) is 5.32 Å². The molecule has 1 aromatic heterocycles. The van der Waals surface area contributed by atoms with Crippen molar-refractivity contribution >= 4 is 16.9 Å². The highest BCUT2D eigenvalue weighted by atomic mass is 16.2. The summed E-state index contributed by atoms with van der Waals surface area (Å²) in [5, 5.41) is 2.61. The van der Waals surface area contributed by atoms with Crippen molar-refractivity contribution in [3.63, 3.8) is 0 Å². The number of hydrogen-bond donors (Lipinski definition) is 1. The molecule has 0 aliphatic heterocycles. The van der Waals surface area contributed by atoms with E-state index in [1.807, 2.05) is 0 Å². The zero-order valence-corrected chi connectivity index (χ0v) is 10.8. The Morgan fingerprint density at radius 1 is 1.16 bits per heavy atom. The Hall–Kier alpha value is -2.37. The maximum atomic E-state index is 12.0. The molecule has 0 saturated heterocycles. The van der Waals surface area contributed by atoms with Crippen molar-refractivity contribution < 1.29 is 4.79 Å². The molecule has 2 aromatic rings. The minimum atomic E-state index is -0.688. The largest absolute Gasteiger partial charge is 0.355 e. The minimum Gasteiger partial charge on any atom is -0.355 e. The van der Waals surface area contributed by atoms with Crippen molar-refractivity contribution in [1.82, 2.24) is 14.5 Å². The molecule has 2 rings (SSSR count). The van der Waals surface area contributed by atoms with Crippen molar-refractivity contribution in [2.75, 3.05) is 6.54 Å². The quantitative estimate of drug-likeness (QED) is 0.780. The Morgan fingerprint density at radius 2 is 1.79 bits per heavy atom. The van der Waals surface area contributed by atoms with Gasteiger partial charge in [-0.25, -0.2) is 0 Å². The van der Waals surface area contributed by atoms with E-state index in [1.165, 1.54) is 9.13 Å². The summed E-state index contributed by atoms with van der Waals surface area (Å²) < 4.78 is 2.51. The summed E-state index contributed by atoms with van der Waals surface area (Å²) >= 11 is 0. The summed E-state index contributed by atoms with van der Waals surface area (Å²) in [6.45, 7) is 2.13. The van der Waals surface area contributed by atoms with Crippen LogP contribution >= 0.6 is 0 Å². The average Bonchev–Trinajstić information content (AvgIpc) is 2.41. The van der Waals surface area contributed by atoms with Crippen molar-refractivity contribution in [3.05, 3.63) is 45.0 Å². The maximum Gasteiger partial charge on any atom is 0.317 e. The summed E-state index contributed by atoms with van der Waals surface area (Å²) in [5.41, 5.74) is -0.132. The van der Waals surface area contributed by atoms with Crippen molar-refractivity contribution in [1.29, 1.82) is 0 Å². The molecular weight excluding hydrogens is 246 g/mol. The summed E-state index contributed by atoms with van der Waals surface area (Å²) in [6.07, 6.45) is 0. The lowest BCUT2D eigenvalue weighted by atomic mass is 10.3. The van der Waals surface area contributed by atoms with Crippen LogP contribution in [0, 0.1) is 0 Å². The number of aromatic nitrogens is 2. The first kappa shape index (κ1) is 13.1. The monoisotopic (exact) mass is 261 g/mol. The van der Waals surface area contributed by atoms with Crippen LogP contribution in [0.25, 0.3) is 11.0 Å². The smallest absolute Gasteiger partial charge is 0.317 e. The van der Waals surface area contributed by atoms with E-state index in [-0.39, 0.29) is 12.5 Å². The number of fused-ring (bicyclic) bond motifs is 1. The number of hydrogen-bond acceptors (Lipinski definition) is 3. The lowest BCUT2D eigenvalue weighted by Gasteiger charge is -2.11. The van der Waals surface area contributed by atoms with Gasteiger partial charge < -0.3 is 9.88 Å². The third-order valence-corrected chi connectivity index (χ3v) is 2.94. The van der Waals surface area contributed by atoms with Gasteiger partial charge in [-0.15, -0.1) is 0 Å². The molecule has 0 spiro atoms. The first-order chi connectivity index (χ1) is 9.06. The molecule has 0 atom stereocenters. The highest BCUT2D eigenvalue weighted by Crippen LogP contribution is 2.08. The first-order valence-electron chi connectivity index (χ1n) is 6.01. The number of nitrogens with one attached hydrogen (secondary N) is 1. The van der Waals surface area contributed by atoms with Gasteiger partial charge in [0, 0.05) is 13.6 Å². The summed E-state index contributed by atoms with van der Waals surface area (Å²) in [7, 11) is 1.54. The first-order valence-corrected chi connectivity index (χ1v) is 6.01. The van der Waals surface area contributed by atoms with Gasteiger partial charge in [0.15, 0.2) is 0 Å². The van der Waals surface area contributed by atoms with E-state index < -0.39 is 11.1 Å². The van der Waals surface area contributed by atoms with Crippen LogP contribution in [0.5, 0.6) is 0 Å². The van der Waals surface area contributed by atoms with Crippen LogP contribution in [-0.4, -0.2) is 21.6 Å². The van der Waals surface area contributed by atoms with Gasteiger partial charge in [0.05, 0.1) is 11.0 Å². The van der Waals surface area contributed by atoms with E-state index in [1.54, 1.807) is 38.2 Å². The van der Waals surface area contributed by atoms with Crippen molar-refractivity contribution in [2.24, 2.45) is 7.05 Å². The molecule has 6 heteroatoms. The lowest BCUT2D eigenvalue weighted by molar-refractivity contribution is -0.121. The molecule has 0 aliphatic carbocycles. The molecule has 0 fully saturated rings. The number of carbonyl (C=O) groups excluding carboxylic acids is 1. The van der Waals surface area contributed by atoms with Gasteiger partial charge in [0.1, 0.15) is 6.54 Å². The Balaban J connectivity index is 2.69. The molecule has 6 nitrogen and oxygen atoms in total. The predicted octanol–water partition coefficient (Wildman–Crippen LogP) is -0.164. The molecule has 0 bridgehead atoms. The number of amides is 1. The molecule has 1 N–H and O–H groups in total. The number of likely N-dealkylation sites (N-methyl/N-ethyl adjacent to an activating group) is 1. The molecule has 0 radical (unpaired) electrons. The van der Waals surface area contributed by atoms with Crippen LogP contribution in [0.1, 0.15) is 6.92 Å². The zero-order valence-electron chi connectivity index (χ0n) is 10.8. The van der Waals surface area contributed by atoms with Gasteiger partial charge in [-0.1, -0.05) is 12.1 Å². The van der Waals surface area contributed by atoms with Crippen LogP contribution in [0.3, 0.4) is 0 Å². The fourth-order valence-corrected chi connectivity index (χ4v) is 2.01. The molecule has 0 saturated carbocycles. The molecule has 100 valence electrons. The highest BCUT2D eigenvalue weighted by molar-refractivity contribution is 5.80. The summed E-state index contributed by atoms with van der Waals surface area (Å²) in [6, 6.07) is 7.00. The number of para-hydroxylation sites is 2. The number of carbonyl (C=O) groups is 1. The second-order valence-electron chi connectivity index (χ2n) is 4.20. The molecule has 19 heavy (non-hydrogen) atoms. The Bertz CT molecular complexity index is 743. The van der Waals surface area contributed by atoms with Gasteiger partial charge in [0.2, 0.25) is 5.91 Å². The fraction of sp³-hybridized carbons (Fsp3) is 0.308. The van der Waals surface area contributed by atoms with Crippen LogP contribution < -0.4 is 16.4 Å². The molecule has 1 amide bonds. The van der Waals surface area contributed by atoms with Crippen LogP contribution in [0.2, 0.25) is 0 Å². The SMILES string of the molecule is CCNC(=O)Cn1c(=O)c(=O)n(C)c2ccccc21. The minimum absolute atomic E-state index is 0.150. The van der Waals surface area contributed by atoms with Crippen LogP contribution in [-0.2, 0) is 18.4 Å². The standard InChI is InChI=1S/C13H15N3O3/c1-3-14-11(17)8-16-10-7-5-4-6-9(10)15(2)12(18)13(16)19/h4-7H,3,8H2,1-2H3,(H,14,17). The Kier molecular flexibility index (Phi) is 3.50. The Morgan fingerprint density at radius 3 is 2.42 bits per heavy atom. The van der Waals surface area contributed by atoms with E-state index in [9.17, 15) is 14.4 Å². The van der Waals surface area contributed by atoms with Gasteiger partial charge >= 0.3 is 11.1 Å². The normalized spacial score (nSPS) is 10.6. The maximum absolute atomic E-state index is 12.0. The van der Waals surface area contributed by atoms with E-state index in [0.29, 0.717) is 17.6 Å². The van der Waals surface area contributed by atoms with E-state index in [4.69, 9.17) is 0 Å². The number of aryl methyl sites for hydroxylation is 1. The summed E-state index contributed by atoms with van der Waals surface area (Å²) in [4.78, 5) is 35.5. The van der Waals surface area contributed by atoms with Gasteiger partial charge in [0.25, 0.3) is 0 Å². The summed E-state index contributed by atoms with van der Waals surface area (Å²) in [5.74, 6) is -0.289. The molecular formula is C13H15N3O3. The molecule has 0 aliphatic rings. The zero-order chi connectivity index (χ0) is 14.0. The number of rotatable bonds is 3. The second-order valence-corrected chi connectivity index (χ2v) is 4.20. The highest BCUT2D eigenvalue weighted by Gasteiger charge is 2.12. The molecule has 0 unspecified atom stereocenters.